The van der Waals surface area contributed by atoms with Crippen LogP contribution in [-0.2, 0) is 4.79 Å². The van der Waals surface area contributed by atoms with E-state index in [1.54, 1.807) is 5.54 Å². The molecule has 2 amide bonds. The quantitative estimate of drug-likeness (QED) is 0.192. The van der Waals surface area contributed by atoms with Gasteiger partial charge in [0.15, 0.2) is 5.82 Å². The fourth-order valence-electron chi connectivity index (χ4n) is 2.45. The van der Waals surface area contributed by atoms with Gasteiger partial charge in [-0.3, -0.25) is 4.79 Å². The van der Waals surface area contributed by atoms with Crippen molar-refractivity contribution in [3.05, 3.63) is 17.8 Å². The SMILES string of the molecule is CC.CC(C)CCNC=O.CC(C)CCNF.Cc1ccc(N2CCN(C(=O)F)CC2)nn1. The molecule has 192 valence electrons. The van der Waals surface area contributed by atoms with Crippen LogP contribution in [0.1, 0.15) is 60.1 Å². The molecule has 1 fully saturated rings. The fourth-order valence-corrected chi connectivity index (χ4v) is 2.45. The summed E-state index contributed by atoms with van der Waals surface area (Å²) >= 11 is 0. The molecule has 1 aliphatic rings. The van der Waals surface area contributed by atoms with Gasteiger partial charge in [0.1, 0.15) is 0 Å². The molecular weight excluding hydrogens is 430 g/mol. The van der Waals surface area contributed by atoms with Crippen molar-refractivity contribution < 1.29 is 18.5 Å². The molecule has 8 nitrogen and oxygen atoms in total. The zero-order valence-corrected chi connectivity index (χ0v) is 21.4. The highest BCUT2D eigenvalue weighted by molar-refractivity contribution is 5.66. The molecule has 0 unspecified atom stereocenters. The van der Waals surface area contributed by atoms with Gasteiger partial charge in [-0.1, -0.05) is 41.5 Å². The number of aromatic nitrogens is 2. The Morgan fingerprint density at radius 1 is 1.03 bits per heavy atom. The van der Waals surface area contributed by atoms with Crippen LogP contribution in [0.15, 0.2) is 12.1 Å². The third kappa shape index (κ3) is 18.9. The molecule has 2 rings (SSSR count). The van der Waals surface area contributed by atoms with E-state index in [2.05, 4.69) is 43.2 Å². The van der Waals surface area contributed by atoms with E-state index >= 15 is 0 Å². The lowest BCUT2D eigenvalue weighted by molar-refractivity contribution is -0.109. The molecule has 10 heteroatoms. The van der Waals surface area contributed by atoms with E-state index in [1.165, 1.54) is 4.90 Å². The smallest absolute Gasteiger partial charge is 0.359 e. The van der Waals surface area contributed by atoms with Crippen molar-refractivity contribution in [2.45, 2.75) is 61.3 Å². The molecule has 0 aliphatic carbocycles. The van der Waals surface area contributed by atoms with E-state index in [-0.39, 0.29) is 0 Å². The molecule has 1 saturated heterocycles. The second-order valence-electron chi connectivity index (χ2n) is 8.08. The predicted octanol–water partition coefficient (Wildman–Crippen LogP) is 4.31. The molecule has 0 atom stereocenters. The van der Waals surface area contributed by atoms with Gasteiger partial charge < -0.3 is 15.1 Å². The first-order valence-corrected chi connectivity index (χ1v) is 11.7. The van der Waals surface area contributed by atoms with Gasteiger partial charge in [0.2, 0.25) is 6.41 Å². The van der Waals surface area contributed by atoms with E-state index in [0.29, 0.717) is 44.6 Å². The number of rotatable bonds is 8. The van der Waals surface area contributed by atoms with E-state index in [4.69, 9.17) is 0 Å². The number of nitrogens with one attached hydrogen (secondary N) is 2. The third-order valence-electron chi connectivity index (χ3n) is 4.40. The summed E-state index contributed by atoms with van der Waals surface area (Å²) in [5, 5.41) is 10.6. The van der Waals surface area contributed by atoms with Gasteiger partial charge in [-0.05, 0) is 43.7 Å². The molecule has 0 aromatic carbocycles. The number of anilines is 1. The number of nitrogens with zero attached hydrogens (tertiary/aromatic N) is 4. The van der Waals surface area contributed by atoms with E-state index in [9.17, 15) is 18.5 Å². The second-order valence-corrected chi connectivity index (χ2v) is 8.08. The molecular formula is C23H44F2N6O2. The largest absolute Gasteiger partial charge is 0.400 e. The summed E-state index contributed by atoms with van der Waals surface area (Å²) in [5.41, 5.74) is 2.46. The fraction of sp³-hybridized carbons (Fsp3) is 0.739. The van der Waals surface area contributed by atoms with Crippen LogP contribution >= 0.6 is 0 Å². The number of aryl methyl sites for hydroxylation is 1. The van der Waals surface area contributed by atoms with Gasteiger partial charge in [-0.15, -0.1) is 14.0 Å². The number of carbonyl (C=O) groups excluding carboxylic acids is 2. The lowest BCUT2D eigenvalue weighted by atomic mass is 10.1. The Labute approximate surface area is 198 Å². The van der Waals surface area contributed by atoms with Crippen LogP contribution < -0.4 is 15.8 Å². The summed E-state index contributed by atoms with van der Waals surface area (Å²) in [6.45, 7) is 17.5. The first kappa shape index (κ1) is 32.8. The topological polar surface area (TPSA) is 90.5 Å². The highest BCUT2D eigenvalue weighted by Crippen LogP contribution is 2.12. The van der Waals surface area contributed by atoms with Gasteiger partial charge in [-0.2, -0.15) is 10.6 Å². The molecule has 1 aromatic heterocycles. The Morgan fingerprint density at radius 3 is 1.94 bits per heavy atom. The number of halogens is 2. The number of amides is 2. The van der Waals surface area contributed by atoms with Crippen molar-refractivity contribution in [3.8, 4) is 0 Å². The molecule has 2 heterocycles. The Bertz CT molecular complexity index is 595. The van der Waals surface area contributed by atoms with Crippen LogP contribution in [0.25, 0.3) is 0 Å². The number of hydrogen-bond donors (Lipinski definition) is 2. The van der Waals surface area contributed by atoms with E-state index in [0.717, 1.165) is 37.3 Å². The van der Waals surface area contributed by atoms with Crippen molar-refractivity contribution in [3.63, 3.8) is 0 Å². The highest BCUT2D eigenvalue weighted by atomic mass is 19.2. The first-order valence-electron chi connectivity index (χ1n) is 11.7. The second kappa shape index (κ2) is 21.5. The lowest BCUT2D eigenvalue weighted by Crippen LogP contribution is -2.47. The Morgan fingerprint density at radius 2 is 1.58 bits per heavy atom. The highest BCUT2D eigenvalue weighted by Gasteiger charge is 2.21. The standard InChI is InChI=1S/C10H13FN4O.C6H13NO.C5H12FN.C2H6/c1-8-2-3-9(13-12-8)14-4-6-15(7-5-14)10(11)16;1-6(2)3-4-7-5-8;1-5(2)3-4-7-6;1-2/h2-3H,4-7H2,1H3;5-6H,3-4H2,1-2H3,(H,7,8);5,7H,3-4H2,1-2H3;1-2H3. The molecule has 0 spiro atoms. The van der Waals surface area contributed by atoms with Crippen molar-refractivity contribution in [2.24, 2.45) is 11.8 Å². The Balaban J connectivity index is 0. The van der Waals surface area contributed by atoms with Gasteiger partial charge >= 0.3 is 6.16 Å². The molecule has 33 heavy (non-hydrogen) atoms. The van der Waals surface area contributed by atoms with Crippen LogP contribution in [-0.4, -0.2) is 66.9 Å². The summed E-state index contributed by atoms with van der Waals surface area (Å²) in [6.07, 6.45) is 1.37. The third-order valence-corrected chi connectivity index (χ3v) is 4.40. The minimum Gasteiger partial charge on any atom is -0.359 e. The minimum absolute atomic E-state index is 0.394. The maximum Gasteiger partial charge on any atom is 0.400 e. The summed E-state index contributed by atoms with van der Waals surface area (Å²) in [6, 6.07) is 3.77. The Kier molecular flexibility index (Phi) is 21.4. The zero-order chi connectivity index (χ0) is 25.6. The Hall–Kier alpha value is -2.36. The molecule has 0 radical (unpaired) electrons. The van der Waals surface area contributed by atoms with Gasteiger partial charge in [-0.25, -0.2) is 4.79 Å². The van der Waals surface area contributed by atoms with Crippen LogP contribution in [0.4, 0.5) is 19.5 Å². The van der Waals surface area contributed by atoms with Crippen molar-refractivity contribution in [2.75, 3.05) is 44.2 Å². The summed E-state index contributed by atoms with van der Waals surface area (Å²) in [7, 11) is 0. The predicted molar refractivity (Wildman–Crippen MR) is 130 cm³/mol. The molecule has 1 aliphatic heterocycles. The first-order chi connectivity index (χ1) is 15.7. The molecule has 0 bridgehead atoms. The summed E-state index contributed by atoms with van der Waals surface area (Å²) in [5.74, 6) is 2.06. The van der Waals surface area contributed by atoms with E-state index < -0.39 is 6.16 Å². The van der Waals surface area contributed by atoms with Gasteiger partial charge in [0.05, 0.1) is 5.69 Å². The summed E-state index contributed by atoms with van der Waals surface area (Å²) in [4.78, 5) is 23.4. The lowest BCUT2D eigenvalue weighted by Gasteiger charge is -2.33. The van der Waals surface area contributed by atoms with Gasteiger partial charge in [0.25, 0.3) is 0 Å². The average molecular weight is 475 g/mol. The normalized spacial score (nSPS) is 12.6. The van der Waals surface area contributed by atoms with Crippen LogP contribution in [0.3, 0.4) is 0 Å². The molecule has 2 N–H and O–H groups in total. The molecule has 1 aromatic rings. The maximum atomic E-state index is 12.4. The van der Waals surface area contributed by atoms with Crippen molar-refractivity contribution >= 4 is 18.4 Å². The van der Waals surface area contributed by atoms with Crippen LogP contribution in [0, 0.1) is 18.8 Å². The van der Waals surface area contributed by atoms with Crippen LogP contribution in [0.2, 0.25) is 0 Å². The van der Waals surface area contributed by atoms with Crippen molar-refractivity contribution in [1.82, 2.24) is 26.0 Å². The average Bonchev–Trinajstić information content (AvgIpc) is 2.80. The monoisotopic (exact) mass is 474 g/mol. The maximum absolute atomic E-state index is 12.4. The number of carbonyl (C=O) groups is 2. The summed E-state index contributed by atoms with van der Waals surface area (Å²) < 4.78 is 23.5. The van der Waals surface area contributed by atoms with Gasteiger partial charge in [0, 0.05) is 39.3 Å². The van der Waals surface area contributed by atoms with E-state index in [1.807, 2.05) is 37.8 Å². The molecule has 0 saturated carbocycles. The van der Waals surface area contributed by atoms with Crippen molar-refractivity contribution in [1.29, 1.82) is 0 Å². The minimum atomic E-state index is -1.35. The number of hydrogen-bond acceptors (Lipinski definition) is 6. The number of piperazine rings is 1. The zero-order valence-electron chi connectivity index (χ0n) is 21.4. The van der Waals surface area contributed by atoms with Crippen LogP contribution in [0.5, 0.6) is 0 Å².